The molecule has 19 heavy (non-hydrogen) atoms. The highest BCUT2D eigenvalue weighted by molar-refractivity contribution is 8.06. The number of thioether (sulfide) groups is 2. The van der Waals surface area contributed by atoms with Gasteiger partial charge in [-0.15, -0.1) is 11.8 Å². The van der Waals surface area contributed by atoms with Gasteiger partial charge >= 0.3 is 0 Å². The van der Waals surface area contributed by atoms with Crippen molar-refractivity contribution in [1.29, 1.82) is 0 Å². The Balaban J connectivity index is 2.02. The summed E-state index contributed by atoms with van der Waals surface area (Å²) >= 11 is 3.91. The lowest BCUT2D eigenvalue weighted by Crippen LogP contribution is -2.37. The van der Waals surface area contributed by atoms with Gasteiger partial charge in [-0.25, -0.2) is 0 Å². The Morgan fingerprint density at radius 2 is 2.05 bits per heavy atom. The van der Waals surface area contributed by atoms with Crippen molar-refractivity contribution in [2.45, 2.75) is 50.7 Å². The van der Waals surface area contributed by atoms with E-state index < -0.39 is 0 Å². The molecule has 0 aromatic carbocycles. The summed E-state index contributed by atoms with van der Waals surface area (Å²) in [6.45, 7) is 8.62. The van der Waals surface area contributed by atoms with E-state index in [0.717, 1.165) is 11.6 Å². The van der Waals surface area contributed by atoms with Crippen molar-refractivity contribution < 1.29 is 4.52 Å². The van der Waals surface area contributed by atoms with Gasteiger partial charge in [-0.1, -0.05) is 32.9 Å². The van der Waals surface area contributed by atoms with Gasteiger partial charge in [0.15, 0.2) is 5.82 Å². The number of nitrogens with two attached hydrogens (primary N) is 1. The topological polar surface area (TPSA) is 64.9 Å². The molecular weight excluding hydrogens is 278 g/mol. The lowest BCUT2D eigenvalue weighted by Gasteiger charge is -2.25. The molecule has 0 bridgehead atoms. The summed E-state index contributed by atoms with van der Waals surface area (Å²) in [5.74, 6) is 3.87. The van der Waals surface area contributed by atoms with Crippen LogP contribution in [0.25, 0.3) is 0 Å². The maximum atomic E-state index is 6.16. The second kappa shape index (κ2) is 6.06. The summed E-state index contributed by atoms with van der Waals surface area (Å²) in [7, 11) is 0. The van der Waals surface area contributed by atoms with E-state index in [4.69, 9.17) is 10.3 Å². The summed E-state index contributed by atoms with van der Waals surface area (Å²) in [5.41, 5.74) is 6.21. The fourth-order valence-corrected chi connectivity index (χ4v) is 4.56. The van der Waals surface area contributed by atoms with Crippen LogP contribution in [0.3, 0.4) is 0 Å². The van der Waals surface area contributed by atoms with Crippen LogP contribution < -0.4 is 5.73 Å². The molecule has 1 aliphatic heterocycles. The zero-order chi connectivity index (χ0) is 14.0. The molecule has 1 fully saturated rings. The molecule has 2 heterocycles. The highest BCUT2D eigenvalue weighted by Crippen LogP contribution is 2.41. The number of hydrogen-bond acceptors (Lipinski definition) is 6. The monoisotopic (exact) mass is 301 g/mol. The molecule has 2 N–H and O–H groups in total. The zero-order valence-electron chi connectivity index (χ0n) is 12.0. The van der Waals surface area contributed by atoms with Gasteiger partial charge in [0.05, 0.1) is 5.25 Å². The Morgan fingerprint density at radius 3 is 2.68 bits per heavy atom. The molecule has 0 saturated carbocycles. The fraction of sp³-hybridized carbons (Fsp3) is 0.846. The van der Waals surface area contributed by atoms with Gasteiger partial charge in [0, 0.05) is 29.2 Å². The van der Waals surface area contributed by atoms with Gasteiger partial charge in [-0.05, 0) is 5.41 Å². The van der Waals surface area contributed by atoms with Crippen LogP contribution in [0, 0.1) is 5.41 Å². The maximum Gasteiger partial charge on any atom is 0.228 e. The SMILES string of the molecule is CC1SCCSC1c1noc(CC(N)C(C)(C)C)n1. The first kappa shape index (κ1) is 15.2. The Kier molecular flexibility index (Phi) is 4.84. The van der Waals surface area contributed by atoms with Crippen molar-refractivity contribution in [3.05, 3.63) is 11.7 Å². The van der Waals surface area contributed by atoms with Gasteiger partial charge < -0.3 is 10.3 Å². The van der Waals surface area contributed by atoms with Crippen molar-refractivity contribution in [2.75, 3.05) is 11.5 Å². The Morgan fingerprint density at radius 1 is 1.37 bits per heavy atom. The van der Waals surface area contributed by atoms with Gasteiger partial charge in [0.2, 0.25) is 5.89 Å². The minimum atomic E-state index is 0.0339. The highest BCUT2D eigenvalue weighted by atomic mass is 32.2. The van der Waals surface area contributed by atoms with E-state index in [-0.39, 0.29) is 11.5 Å². The largest absolute Gasteiger partial charge is 0.339 e. The van der Waals surface area contributed by atoms with Crippen molar-refractivity contribution in [3.8, 4) is 0 Å². The minimum Gasteiger partial charge on any atom is -0.339 e. The molecule has 6 heteroatoms. The van der Waals surface area contributed by atoms with Crippen molar-refractivity contribution in [2.24, 2.45) is 11.1 Å². The normalized spacial score (nSPS) is 26.4. The molecule has 1 aromatic heterocycles. The smallest absolute Gasteiger partial charge is 0.228 e. The molecule has 108 valence electrons. The summed E-state index contributed by atoms with van der Waals surface area (Å²) in [5, 5.41) is 5.04. The third kappa shape index (κ3) is 3.89. The number of rotatable bonds is 3. The lowest BCUT2D eigenvalue weighted by atomic mass is 9.85. The van der Waals surface area contributed by atoms with E-state index in [2.05, 4.69) is 37.8 Å². The Labute approximate surface area is 123 Å². The molecule has 0 spiro atoms. The molecule has 2 rings (SSSR count). The first-order valence-corrected chi connectivity index (χ1v) is 8.79. The summed E-state index contributed by atoms with van der Waals surface area (Å²) < 4.78 is 5.37. The number of aromatic nitrogens is 2. The third-order valence-corrected chi connectivity index (χ3v) is 6.52. The standard InChI is InChI=1S/C13H23N3OS2/c1-8-11(19-6-5-18-8)12-15-10(17-16-12)7-9(14)13(2,3)4/h8-9,11H,5-7,14H2,1-4H3. The first-order chi connectivity index (χ1) is 8.88. The van der Waals surface area contributed by atoms with E-state index in [1.165, 1.54) is 5.75 Å². The molecule has 4 nitrogen and oxygen atoms in total. The van der Waals surface area contributed by atoms with Gasteiger partial charge in [0.25, 0.3) is 0 Å². The van der Waals surface area contributed by atoms with Crippen LogP contribution in [0.1, 0.15) is 44.7 Å². The molecular formula is C13H23N3OS2. The molecule has 0 aliphatic carbocycles. The van der Waals surface area contributed by atoms with Crippen LogP contribution in [0.5, 0.6) is 0 Å². The molecule has 1 saturated heterocycles. The molecule has 1 aromatic rings. The predicted octanol–water partition coefficient (Wildman–Crippen LogP) is 2.90. The zero-order valence-corrected chi connectivity index (χ0v) is 13.7. The molecule has 0 amide bonds. The fourth-order valence-electron chi connectivity index (χ4n) is 1.88. The van der Waals surface area contributed by atoms with E-state index in [0.29, 0.717) is 22.8 Å². The van der Waals surface area contributed by atoms with Gasteiger partial charge in [0.1, 0.15) is 0 Å². The van der Waals surface area contributed by atoms with Crippen molar-refractivity contribution in [3.63, 3.8) is 0 Å². The van der Waals surface area contributed by atoms with Crippen molar-refractivity contribution >= 4 is 23.5 Å². The quantitative estimate of drug-likeness (QED) is 0.926. The van der Waals surface area contributed by atoms with Crippen LogP contribution in [-0.4, -0.2) is 32.9 Å². The average molecular weight is 301 g/mol. The van der Waals surface area contributed by atoms with Gasteiger partial charge in [-0.2, -0.15) is 16.7 Å². The second-order valence-corrected chi connectivity index (χ2v) is 8.82. The minimum absolute atomic E-state index is 0.0339. The molecule has 0 radical (unpaired) electrons. The van der Waals surface area contributed by atoms with Crippen LogP contribution in [0.2, 0.25) is 0 Å². The first-order valence-electron chi connectivity index (χ1n) is 6.69. The van der Waals surface area contributed by atoms with Crippen LogP contribution in [0.15, 0.2) is 4.52 Å². The summed E-state index contributed by atoms with van der Waals surface area (Å²) in [4.78, 5) is 4.55. The Hall–Kier alpha value is -0.200. The lowest BCUT2D eigenvalue weighted by molar-refractivity contribution is 0.285. The molecule has 1 aliphatic rings. The van der Waals surface area contributed by atoms with E-state index >= 15 is 0 Å². The average Bonchev–Trinajstić information content (AvgIpc) is 2.76. The second-order valence-electron chi connectivity index (χ2n) is 6.09. The van der Waals surface area contributed by atoms with Crippen LogP contribution in [-0.2, 0) is 6.42 Å². The van der Waals surface area contributed by atoms with E-state index in [9.17, 15) is 0 Å². The van der Waals surface area contributed by atoms with E-state index in [1.54, 1.807) is 0 Å². The summed E-state index contributed by atoms with van der Waals surface area (Å²) in [6, 6.07) is 0.0339. The van der Waals surface area contributed by atoms with Gasteiger partial charge in [-0.3, -0.25) is 0 Å². The highest BCUT2D eigenvalue weighted by Gasteiger charge is 2.29. The Bertz CT molecular complexity index is 416. The molecule has 3 atom stereocenters. The number of hydrogen-bond donors (Lipinski definition) is 1. The number of nitrogens with zero attached hydrogens (tertiary/aromatic N) is 2. The van der Waals surface area contributed by atoms with E-state index in [1.807, 2.05) is 23.5 Å². The maximum absolute atomic E-state index is 6.16. The van der Waals surface area contributed by atoms with Crippen LogP contribution >= 0.6 is 23.5 Å². The summed E-state index contributed by atoms with van der Waals surface area (Å²) in [6.07, 6.45) is 0.648. The van der Waals surface area contributed by atoms with Crippen molar-refractivity contribution in [1.82, 2.24) is 10.1 Å². The predicted molar refractivity (Wildman–Crippen MR) is 82.6 cm³/mol. The third-order valence-electron chi connectivity index (χ3n) is 3.43. The molecule has 3 unspecified atom stereocenters. The van der Waals surface area contributed by atoms with Crippen LogP contribution in [0.4, 0.5) is 0 Å².